The van der Waals surface area contributed by atoms with Gasteiger partial charge in [-0.2, -0.15) is 0 Å². The topological polar surface area (TPSA) is 15.3 Å². The van der Waals surface area contributed by atoms with E-state index in [-0.39, 0.29) is 0 Å². The lowest BCUT2D eigenvalue weighted by atomic mass is 9.68. The van der Waals surface area contributed by atoms with Crippen molar-refractivity contribution in [2.45, 2.75) is 129 Å². The fraction of sp³-hybridized carbons (Fsp3) is 1.00. The van der Waals surface area contributed by atoms with E-state index in [1.54, 1.807) is 0 Å². The van der Waals surface area contributed by atoms with Crippen LogP contribution in [0.5, 0.6) is 0 Å². The lowest BCUT2D eigenvalue weighted by Gasteiger charge is -2.41. The Morgan fingerprint density at radius 3 is 2.00 bits per heavy atom. The molecule has 34 heavy (non-hydrogen) atoms. The van der Waals surface area contributed by atoms with E-state index < -0.39 is 0 Å². The molecule has 4 rings (SSSR count). The van der Waals surface area contributed by atoms with Crippen molar-refractivity contribution in [2.24, 2.45) is 41.4 Å². The van der Waals surface area contributed by atoms with Crippen LogP contribution < -0.4 is 5.32 Å². The molecule has 3 aliphatic carbocycles. The van der Waals surface area contributed by atoms with Crippen molar-refractivity contribution in [1.29, 1.82) is 0 Å². The predicted octanol–water partition coefficient (Wildman–Crippen LogP) is 8.13. The molecule has 0 bridgehead atoms. The summed E-state index contributed by atoms with van der Waals surface area (Å²) < 4.78 is 0. The highest BCUT2D eigenvalue weighted by Gasteiger charge is 2.33. The van der Waals surface area contributed by atoms with E-state index >= 15 is 0 Å². The largest absolute Gasteiger partial charge is 0.312 e. The van der Waals surface area contributed by atoms with Crippen LogP contribution in [-0.2, 0) is 0 Å². The molecule has 0 aromatic rings. The predicted molar refractivity (Wildman–Crippen MR) is 149 cm³/mol. The Labute approximate surface area is 217 Å². The first kappa shape index (κ1) is 27.3. The van der Waals surface area contributed by atoms with E-state index in [0.29, 0.717) is 11.4 Å². The van der Waals surface area contributed by atoms with Gasteiger partial charge in [0.1, 0.15) is 0 Å². The normalized spacial score (nSPS) is 37.7. The molecule has 1 heterocycles. The summed E-state index contributed by atoms with van der Waals surface area (Å²) in [6.07, 6.45) is 21.6. The number of nitrogens with zero attached hydrogens (tertiary/aromatic N) is 1. The van der Waals surface area contributed by atoms with Gasteiger partial charge in [0.2, 0.25) is 0 Å². The van der Waals surface area contributed by atoms with Gasteiger partial charge in [-0.05, 0) is 125 Å². The molecule has 3 heteroatoms. The molecule has 3 atom stereocenters. The smallest absolute Gasteiger partial charge is 0.0336 e. The van der Waals surface area contributed by atoms with Crippen molar-refractivity contribution in [1.82, 2.24) is 10.2 Å². The van der Waals surface area contributed by atoms with Crippen LogP contribution in [0, 0.1) is 41.4 Å². The summed E-state index contributed by atoms with van der Waals surface area (Å²) in [5.41, 5.74) is 0. The summed E-state index contributed by atoms with van der Waals surface area (Å²) in [5.74, 6) is 6.70. The summed E-state index contributed by atoms with van der Waals surface area (Å²) in [6, 6.07) is 0.656. The van der Waals surface area contributed by atoms with Gasteiger partial charge in [-0.25, -0.2) is 0 Å². The fourth-order valence-corrected chi connectivity index (χ4v) is 8.53. The van der Waals surface area contributed by atoms with Crippen LogP contribution in [0.2, 0.25) is 0 Å². The van der Waals surface area contributed by atoms with Crippen molar-refractivity contribution in [2.75, 3.05) is 26.2 Å². The summed E-state index contributed by atoms with van der Waals surface area (Å²) in [4.78, 5) is 2.79. The van der Waals surface area contributed by atoms with Crippen LogP contribution >= 0.6 is 11.6 Å². The van der Waals surface area contributed by atoms with E-state index in [1.165, 1.54) is 122 Å². The van der Waals surface area contributed by atoms with Gasteiger partial charge in [-0.3, -0.25) is 0 Å². The second-order valence-corrected chi connectivity index (χ2v) is 14.0. The second kappa shape index (κ2) is 13.7. The monoisotopic (exact) mass is 492 g/mol. The Balaban J connectivity index is 1.17. The van der Waals surface area contributed by atoms with E-state index in [1.807, 2.05) is 0 Å². The highest BCUT2D eigenvalue weighted by molar-refractivity contribution is 6.20. The van der Waals surface area contributed by atoms with Crippen LogP contribution in [0.3, 0.4) is 0 Å². The summed E-state index contributed by atoms with van der Waals surface area (Å²) in [6.45, 7) is 12.4. The van der Waals surface area contributed by atoms with Gasteiger partial charge >= 0.3 is 0 Å². The van der Waals surface area contributed by atoms with E-state index in [2.05, 4.69) is 31.0 Å². The first-order valence-corrected chi connectivity index (χ1v) is 16.0. The van der Waals surface area contributed by atoms with Crippen LogP contribution in [0.25, 0.3) is 0 Å². The minimum absolute atomic E-state index is 0.463. The highest BCUT2D eigenvalue weighted by atomic mass is 35.5. The zero-order chi connectivity index (χ0) is 23.9. The molecule has 4 fully saturated rings. The van der Waals surface area contributed by atoms with Gasteiger partial charge in [0.15, 0.2) is 0 Å². The van der Waals surface area contributed by atoms with Crippen LogP contribution in [0.15, 0.2) is 0 Å². The minimum atomic E-state index is 0.463. The van der Waals surface area contributed by atoms with Crippen LogP contribution in [0.1, 0.15) is 117 Å². The quantitative estimate of drug-likeness (QED) is 0.327. The molecule has 198 valence electrons. The van der Waals surface area contributed by atoms with Gasteiger partial charge in [0.25, 0.3) is 0 Å². The zero-order valence-electron chi connectivity index (χ0n) is 23.0. The van der Waals surface area contributed by atoms with Gasteiger partial charge < -0.3 is 10.2 Å². The third kappa shape index (κ3) is 7.85. The van der Waals surface area contributed by atoms with E-state index in [4.69, 9.17) is 11.6 Å². The Kier molecular flexibility index (Phi) is 11.0. The molecule has 0 spiro atoms. The molecule has 0 aromatic heterocycles. The number of rotatable bonds is 9. The maximum absolute atomic E-state index is 6.36. The number of hydrogen-bond acceptors (Lipinski definition) is 2. The lowest BCUT2D eigenvalue weighted by Crippen LogP contribution is -2.48. The molecule has 3 saturated carbocycles. The summed E-state index contributed by atoms with van der Waals surface area (Å²) in [5, 5.41) is 4.56. The first-order chi connectivity index (χ1) is 16.5. The minimum Gasteiger partial charge on any atom is -0.312 e. The van der Waals surface area contributed by atoms with Gasteiger partial charge in [0.05, 0.1) is 0 Å². The van der Waals surface area contributed by atoms with Crippen molar-refractivity contribution in [3.8, 4) is 0 Å². The molecule has 0 aromatic carbocycles. The Morgan fingerprint density at radius 1 is 0.735 bits per heavy atom. The molecule has 1 aliphatic heterocycles. The SMILES string of the molecule is CCC1CCC(C2CCCC(CN[C@@H](CN3CCC(C4CCC(Cl)CC4)CC3)C(C)C)C2)CC1. The van der Waals surface area contributed by atoms with Crippen molar-refractivity contribution >= 4 is 11.6 Å². The Hall–Kier alpha value is 0.210. The van der Waals surface area contributed by atoms with E-state index in [0.717, 1.165) is 41.4 Å². The maximum Gasteiger partial charge on any atom is 0.0336 e. The number of likely N-dealkylation sites (tertiary alicyclic amines) is 1. The van der Waals surface area contributed by atoms with Gasteiger partial charge in [0, 0.05) is 18.0 Å². The molecular formula is C31H57ClN2. The highest BCUT2D eigenvalue weighted by Crippen LogP contribution is 2.42. The number of halogens is 1. The standard InChI is InChI=1S/C31H57ClN2/c1-4-24-8-10-27(11-9-24)29-7-5-6-25(20-29)21-33-31(23(2)3)22-34-18-16-28(17-19-34)26-12-14-30(32)15-13-26/h23-31,33H,4-22H2,1-3H3/t24?,25?,26?,27?,29?,30?,31-/m0/s1. The number of nitrogens with one attached hydrogen (secondary N) is 1. The van der Waals surface area contributed by atoms with Crippen LogP contribution in [0.4, 0.5) is 0 Å². The Bertz CT molecular complexity index is 556. The van der Waals surface area contributed by atoms with Crippen molar-refractivity contribution < 1.29 is 0 Å². The maximum atomic E-state index is 6.36. The van der Waals surface area contributed by atoms with Gasteiger partial charge in [-0.1, -0.05) is 52.9 Å². The zero-order valence-corrected chi connectivity index (χ0v) is 23.7. The molecular weight excluding hydrogens is 436 g/mol. The number of alkyl halides is 1. The molecule has 0 radical (unpaired) electrons. The third-order valence-electron chi connectivity index (χ3n) is 10.9. The van der Waals surface area contributed by atoms with Crippen molar-refractivity contribution in [3.05, 3.63) is 0 Å². The molecule has 1 saturated heterocycles. The summed E-state index contributed by atoms with van der Waals surface area (Å²) >= 11 is 6.36. The molecule has 2 nitrogen and oxygen atoms in total. The van der Waals surface area contributed by atoms with E-state index in [9.17, 15) is 0 Å². The van der Waals surface area contributed by atoms with Crippen LogP contribution in [-0.4, -0.2) is 42.5 Å². The Morgan fingerprint density at radius 2 is 1.35 bits per heavy atom. The lowest BCUT2D eigenvalue weighted by molar-refractivity contribution is 0.108. The molecule has 1 N–H and O–H groups in total. The fourth-order valence-electron chi connectivity index (χ4n) is 8.28. The summed E-state index contributed by atoms with van der Waals surface area (Å²) in [7, 11) is 0. The number of piperidine rings is 1. The van der Waals surface area contributed by atoms with Crippen molar-refractivity contribution in [3.63, 3.8) is 0 Å². The molecule has 0 amide bonds. The number of hydrogen-bond donors (Lipinski definition) is 1. The second-order valence-electron chi connectivity index (χ2n) is 13.4. The molecule has 4 aliphatic rings. The third-order valence-corrected chi connectivity index (χ3v) is 11.3. The molecule has 2 unspecified atom stereocenters. The average Bonchev–Trinajstić information content (AvgIpc) is 2.87. The van der Waals surface area contributed by atoms with Gasteiger partial charge in [-0.15, -0.1) is 11.6 Å². The first-order valence-electron chi connectivity index (χ1n) is 15.6. The average molecular weight is 493 g/mol.